The van der Waals surface area contributed by atoms with E-state index in [9.17, 15) is 18.7 Å². The molecule has 0 spiro atoms. The molecule has 2 N–H and O–H groups in total. The van der Waals surface area contributed by atoms with Gasteiger partial charge in [0.1, 0.15) is 11.4 Å². The SMILES string of the molecule is CC(C)c1sc(Nc2ncc(-c3cccs3)cc2C(=O)O)nc1C1CCC(F)(F)CC1. The summed E-state index contributed by atoms with van der Waals surface area (Å²) in [5.74, 6) is -3.26. The zero-order valence-corrected chi connectivity index (χ0v) is 18.8. The van der Waals surface area contributed by atoms with Crippen LogP contribution in [0.3, 0.4) is 0 Å². The second-order valence-electron chi connectivity index (χ2n) is 8.08. The molecule has 0 atom stereocenters. The summed E-state index contributed by atoms with van der Waals surface area (Å²) in [5.41, 5.74) is 1.65. The number of hydrogen-bond acceptors (Lipinski definition) is 6. The molecule has 31 heavy (non-hydrogen) atoms. The molecule has 1 aliphatic carbocycles. The van der Waals surface area contributed by atoms with Crippen LogP contribution in [0.4, 0.5) is 19.7 Å². The maximum absolute atomic E-state index is 13.6. The highest BCUT2D eigenvalue weighted by atomic mass is 32.1. The molecule has 1 fully saturated rings. The summed E-state index contributed by atoms with van der Waals surface area (Å²) in [7, 11) is 0. The van der Waals surface area contributed by atoms with Crippen LogP contribution in [0.15, 0.2) is 29.8 Å². The van der Waals surface area contributed by atoms with Crippen molar-refractivity contribution in [3.63, 3.8) is 0 Å². The molecule has 4 rings (SSSR count). The van der Waals surface area contributed by atoms with Gasteiger partial charge in [0.2, 0.25) is 5.92 Å². The molecule has 0 unspecified atom stereocenters. The van der Waals surface area contributed by atoms with Crippen molar-refractivity contribution in [1.29, 1.82) is 0 Å². The molecule has 3 aromatic rings. The van der Waals surface area contributed by atoms with Gasteiger partial charge in [-0.25, -0.2) is 23.5 Å². The number of nitrogens with zero attached hydrogens (tertiary/aromatic N) is 2. The number of aromatic carboxylic acids is 1. The lowest BCUT2D eigenvalue weighted by molar-refractivity contribution is -0.0385. The molecule has 1 aliphatic rings. The molecule has 0 aromatic carbocycles. The smallest absolute Gasteiger partial charge is 0.339 e. The lowest BCUT2D eigenvalue weighted by Crippen LogP contribution is -2.24. The highest BCUT2D eigenvalue weighted by Crippen LogP contribution is 2.45. The van der Waals surface area contributed by atoms with Crippen LogP contribution in [0, 0.1) is 0 Å². The second-order valence-corrected chi connectivity index (χ2v) is 10.1. The molecule has 0 saturated heterocycles. The van der Waals surface area contributed by atoms with E-state index in [1.54, 1.807) is 12.3 Å². The molecule has 3 aromatic heterocycles. The van der Waals surface area contributed by atoms with E-state index in [0.29, 0.717) is 18.0 Å². The number of halogens is 2. The summed E-state index contributed by atoms with van der Waals surface area (Å²) in [6.07, 6.45) is 2.21. The quantitative estimate of drug-likeness (QED) is 0.407. The van der Waals surface area contributed by atoms with Gasteiger partial charge in [-0.3, -0.25) is 0 Å². The van der Waals surface area contributed by atoms with Crippen molar-refractivity contribution in [2.45, 2.75) is 57.3 Å². The third kappa shape index (κ3) is 4.77. The average molecular weight is 464 g/mol. The molecule has 0 radical (unpaired) electrons. The average Bonchev–Trinajstić information content (AvgIpc) is 3.38. The Morgan fingerprint density at radius 1 is 1.32 bits per heavy atom. The van der Waals surface area contributed by atoms with Crippen molar-refractivity contribution in [2.75, 3.05) is 5.32 Å². The van der Waals surface area contributed by atoms with Crippen molar-refractivity contribution in [2.24, 2.45) is 0 Å². The summed E-state index contributed by atoms with van der Waals surface area (Å²) in [6.45, 7) is 4.10. The number of rotatable bonds is 6. The fourth-order valence-corrected chi connectivity index (χ4v) is 5.58. The van der Waals surface area contributed by atoms with Crippen molar-refractivity contribution < 1.29 is 18.7 Å². The molecule has 0 amide bonds. The van der Waals surface area contributed by atoms with Crippen LogP contribution in [0.1, 0.15) is 72.3 Å². The van der Waals surface area contributed by atoms with Crippen molar-refractivity contribution in [3.05, 3.63) is 45.9 Å². The summed E-state index contributed by atoms with van der Waals surface area (Å²) in [4.78, 5) is 22.9. The minimum absolute atomic E-state index is 0.00284. The van der Waals surface area contributed by atoms with Crippen LogP contribution in [-0.2, 0) is 0 Å². The monoisotopic (exact) mass is 463 g/mol. The first-order valence-corrected chi connectivity index (χ1v) is 11.9. The number of hydrogen-bond donors (Lipinski definition) is 2. The van der Waals surface area contributed by atoms with E-state index >= 15 is 0 Å². The Morgan fingerprint density at radius 2 is 2.06 bits per heavy atom. The van der Waals surface area contributed by atoms with E-state index in [2.05, 4.69) is 24.1 Å². The topological polar surface area (TPSA) is 75.1 Å². The van der Waals surface area contributed by atoms with Gasteiger partial charge in [-0.2, -0.15) is 0 Å². The molecule has 0 bridgehead atoms. The fraction of sp³-hybridized carbons (Fsp3) is 0.409. The van der Waals surface area contributed by atoms with E-state index in [0.717, 1.165) is 21.0 Å². The van der Waals surface area contributed by atoms with E-state index in [1.165, 1.54) is 22.7 Å². The zero-order chi connectivity index (χ0) is 22.2. The number of thiophene rings is 1. The van der Waals surface area contributed by atoms with Crippen molar-refractivity contribution in [3.8, 4) is 10.4 Å². The van der Waals surface area contributed by atoms with E-state index in [4.69, 9.17) is 4.98 Å². The van der Waals surface area contributed by atoms with Crippen LogP contribution in [0.5, 0.6) is 0 Å². The molecule has 3 heterocycles. The van der Waals surface area contributed by atoms with E-state index < -0.39 is 11.9 Å². The number of carboxylic acid groups (broad SMARTS) is 1. The van der Waals surface area contributed by atoms with Crippen molar-refractivity contribution in [1.82, 2.24) is 9.97 Å². The van der Waals surface area contributed by atoms with Gasteiger partial charge < -0.3 is 10.4 Å². The van der Waals surface area contributed by atoms with Crippen LogP contribution in [-0.4, -0.2) is 27.0 Å². The van der Waals surface area contributed by atoms with Gasteiger partial charge in [-0.15, -0.1) is 22.7 Å². The highest BCUT2D eigenvalue weighted by Gasteiger charge is 2.37. The van der Waals surface area contributed by atoms with Gasteiger partial charge in [0, 0.05) is 40.3 Å². The number of aromatic nitrogens is 2. The van der Waals surface area contributed by atoms with Gasteiger partial charge >= 0.3 is 5.97 Å². The van der Waals surface area contributed by atoms with Crippen LogP contribution in [0.2, 0.25) is 0 Å². The Morgan fingerprint density at radius 3 is 2.68 bits per heavy atom. The Hall–Kier alpha value is -2.39. The minimum Gasteiger partial charge on any atom is -0.478 e. The number of nitrogens with one attached hydrogen (secondary N) is 1. The third-order valence-electron chi connectivity index (χ3n) is 5.46. The van der Waals surface area contributed by atoms with E-state index in [1.807, 2.05) is 17.5 Å². The first-order valence-electron chi connectivity index (χ1n) is 10.2. The standard InChI is InChI=1S/C22H23F2N3O2S2/c1-12(2)18-17(13-5-7-22(23,24)8-6-13)26-21(31-18)27-19-15(20(28)29)10-14(11-25-19)16-4-3-9-30-16/h3-4,9-13H,5-8H2,1-2H3,(H,28,29)(H,25,26,27). The van der Waals surface area contributed by atoms with Crippen LogP contribution in [0.25, 0.3) is 10.4 Å². The normalized spacial score (nSPS) is 16.5. The van der Waals surface area contributed by atoms with Gasteiger partial charge in [0.05, 0.1) is 5.69 Å². The maximum Gasteiger partial charge on any atom is 0.339 e. The molecule has 5 nitrogen and oxygen atoms in total. The highest BCUT2D eigenvalue weighted by molar-refractivity contribution is 7.15. The predicted octanol–water partition coefficient (Wildman–Crippen LogP) is 7.12. The molecule has 1 saturated carbocycles. The van der Waals surface area contributed by atoms with Crippen LogP contribution < -0.4 is 5.32 Å². The molecule has 164 valence electrons. The van der Waals surface area contributed by atoms with Gasteiger partial charge in [-0.1, -0.05) is 19.9 Å². The van der Waals surface area contributed by atoms with Gasteiger partial charge in [0.25, 0.3) is 0 Å². The fourth-order valence-electron chi connectivity index (χ4n) is 3.82. The summed E-state index contributed by atoms with van der Waals surface area (Å²) >= 11 is 2.95. The molecular formula is C22H23F2N3O2S2. The Bertz CT molecular complexity index is 1070. The largest absolute Gasteiger partial charge is 0.478 e. The van der Waals surface area contributed by atoms with E-state index in [-0.39, 0.29) is 36.1 Å². The number of thiazole rings is 1. The van der Waals surface area contributed by atoms with Crippen LogP contribution >= 0.6 is 22.7 Å². The summed E-state index contributed by atoms with van der Waals surface area (Å²) in [5, 5.41) is 15.2. The second kappa shape index (κ2) is 8.63. The lowest BCUT2D eigenvalue weighted by Gasteiger charge is -2.28. The summed E-state index contributed by atoms with van der Waals surface area (Å²) < 4.78 is 27.2. The summed E-state index contributed by atoms with van der Waals surface area (Å²) in [6, 6.07) is 5.42. The molecule has 0 aliphatic heterocycles. The minimum atomic E-state index is -2.59. The van der Waals surface area contributed by atoms with Gasteiger partial charge in [0.15, 0.2) is 5.13 Å². The maximum atomic E-state index is 13.6. The lowest BCUT2D eigenvalue weighted by atomic mass is 9.83. The predicted molar refractivity (Wildman–Crippen MR) is 120 cm³/mol. The first-order chi connectivity index (χ1) is 14.7. The first kappa shape index (κ1) is 21.8. The Balaban J connectivity index is 1.63. The third-order valence-corrected chi connectivity index (χ3v) is 7.66. The number of alkyl halides is 2. The number of carbonyl (C=O) groups is 1. The number of anilines is 2. The Kier molecular flexibility index (Phi) is 6.07. The zero-order valence-electron chi connectivity index (χ0n) is 17.2. The molecular weight excluding hydrogens is 440 g/mol. The Labute approximate surface area is 187 Å². The van der Waals surface area contributed by atoms with Crippen molar-refractivity contribution >= 4 is 39.6 Å². The number of pyridine rings is 1. The molecule has 9 heteroatoms. The van der Waals surface area contributed by atoms with Gasteiger partial charge in [-0.05, 0) is 36.3 Å². The number of carboxylic acids is 1.